The van der Waals surface area contributed by atoms with E-state index in [2.05, 4.69) is 114 Å². The Hall–Kier alpha value is -4.61. The Bertz CT molecular complexity index is 2080. The number of hydrogen-bond acceptors (Lipinski definition) is 6. The van der Waals surface area contributed by atoms with E-state index in [1.807, 2.05) is 41.5 Å². The summed E-state index contributed by atoms with van der Waals surface area (Å²) in [7, 11) is 0. The van der Waals surface area contributed by atoms with Crippen LogP contribution in [0.3, 0.4) is 0 Å². The van der Waals surface area contributed by atoms with Crippen molar-refractivity contribution in [1.82, 2.24) is 0 Å². The van der Waals surface area contributed by atoms with Gasteiger partial charge in [-0.25, -0.2) is 9.98 Å². The molecule has 6 nitrogen and oxygen atoms in total. The van der Waals surface area contributed by atoms with E-state index in [0.717, 1.165) is 59.6 Å². The van der Waals surface area contributed by atoms with Crippen molar-refractivity contribution in [1.29, 1.82) is 0 Å². The van der Waals surface area contributed by atoms with Crippen LogP contribution in [0, 0.1) is 27.7 Å². The summed E-state index contributed by atoms with van der Waals surface area (Å²) >= 11 is 0. The zero-order valence-electron chi connectivity index (χ0n) is 36.0. The first-order valence-electron chi connectivity index (χ1n) is 20.2. The Morgan fingerprint density at radius 3 is 1.18 bits per heavy atom. The summed E-state index contributed by atoms with van der Waals surface area (Å²) in [5, 5.41) is 28.4. The molecule has 1 aliphatic carbocycles. The van der Waals surface area contributed by atoms with Crippen LogP contribution < -0.4 is 19.7 Å². The quantitative estimate of drug-likeness (QED) is 0.104. The van der Waals surface area contributed by atoms with Gasteiger partial charge in [-0.2, -0.15) is 0 Å². The summed E-state index contributed by atoms with van der Waals surface area (Å²) in [5.41, 5.74) is 10.9. The van der Waals surface area contributed by atoms with Crippen LogP contribution >= 0.6 is 0 Å². The second-order valence-corrected chi connectivity index (χ2v) is 17.1. The van der Waals surface area contributed by atoms with Crippen LogP contribution in [0.5, 0.6) is 23.0 Å². The molecule has 0 aromatic heterocycles. The largest absolute Gasteiger partial charge is 2.00 e. The third-order valence-corrected chi connectivity index (χ3v) is 10.3. The van der Waals surface area contributed by atoms with Gasteiger partial charge >= 0.3 is 16.5 Å². The average Bonchev–Trinajstić information content (AvgIpc) is 3.42. The second kappa shape index (κ2) is 18.8. The molecule has 7 heteroatoms. The topological polar surface area (TPSA) is 89.3 Å². The zero-order chi connectivity index (χ0) is 40.9. The standard InChI is InChI=1S/C28H24N2.C22H38O4.Ni/c1-17-9-5-10-18(2)25(17)29-27-22-15-7-13-21-14-8-16-23(24(21)22)28(27)30-26-19(3)11-6-12-20(26)4;1-9-11-13-25-19-15(21(3,4)5)17(23)18(24)16(22(6,7)8)20(19)26-14-12-10-2;/h5-16H,1-4H3;23-24H,9-14H2,1-8H3;/q;;+2/p-2/b29-27-,30-28+;;. The molecule has 0 unspecified atom stereocenters. The van der Waals surface area contributed by atoms with Gasteiger partial charge < -0.3 is 19.7 Å². The van der Waals surface area contributed by atoms with Crippen molar-refractivity contribution in [2.24, 2.45) is 9.98 Å². The molecule has 0 fully saturated rings. The third-order valence-electron chi connectivity index (χ3n) is 10.3. The molecular weight excluding hydrogens is 751 g/mol. The molecule has 0 heterocycles. The van der Waals surface area contributed by atoms with Crippen molar-refractivity contribution in [2.75, 3.05) is 13.2 Å². The van der Waals surface area contributed by atoms with Crippen molar-refractivity contribution in [2.45, 2.75) is 120 Å². The van der Waals surface area contributed by atoms with E-state index in [1.165, 1.54) is 33.0 Å². The summed E-state index contributed by atoms with van der Waals surface area (Å²) in [6.07, 6.45) is 3.76. The molecule has 5 aromatic rings. The van der Waals surface area contributed by atoms with Gasteiger partial charge in [0.15, 0.2) is 11.5 Å². The number of para-hydroxylation sites is 2. The van der Waals surface area contributed by atoms with Gasteiger partial charge in [0.05, 0.1) is 36.0 Å². The molecule has 0 N–H and O–H groups in total. The first-order chi connectivity index (χ1) is 26.5. The van der Waals surface area contributed by atoms with E-state index in [9.17, 15) is 10.2 Å². The van der Waals surface area contributed by atoms with E-state index in [4.69, 9.17) is 19.5 Å². The molecule has 6 rings (SSSR count). The summed E-state index contributed by atoms with van der Waals surface area (Å²) in [4.78, 5) is 10.4. The number of unbranched alkanes of at least 4 members (excludes halogenated alkanes) is 2. The second-order valence-electron chi connectivity index (χ2n) is 17.1. The Kier molecular flexibility index (Phi) is 14.8. The van der Waals surface area contributed by atoms with E-state index >= 15 is 0 Å². The van der Waals surface area contributed by atoms with Crippen molar-refractivity contribution < 1.29 is 36.2 Å². The van der Waals surface area contributed by atoms with Gasteiger partial charge in [0.2, 0.25) is 0 Å². The maximum absolute atomic E-state index is 13.0. The number of aliphatic imine (C=N–C) groups is 2. The Labute approximate surface area is 351 Å². The van der Waals surface area contributed by atoms with Gasteiger partial charge in [0, 0.05) is 16.5 Å². The minimum Gasteiger partial charge on any atom is -0.873 e. The molecule has 0 amide bonds. The third kappa shape index (κ3) is 9.75. The van der Waals surface area contributed by atoms with Gasteiger partial charge in [-0.1, -0.05) is 141 Å². The SMILES string of the molecule is CCCCOc1c(OCCCC)c(C(C)(C)C)c([O-])c([O-])c1C(C)(C)C.Cc1cccc(C)c1/N=C1\C(=N\c2c(C)cccc2C)c2cccc3cccc1c23.[Ni+2]. The van der Waals surface area contributed by atoms with Crippen molar-refractivity contribution in [3.63, 3.8) is 0 Å². The first kappa shape index (κ1) is 45.1. The van der Waals surface area contributed by atoms with Crippen LogP contribution in [-0.2, 0) is 27.3 Å². The fourth-order valence-electron chi connectivity index (χ4n) is 7.34. The van der Waals surface area contributed by atoms with Crippen LogP contribution in [0.25, 0.3) is 10.8 Å². The molecule has 0 saturated heterocycles. The summed E-state index contributed by atoms with van der Waals surface area (Å²) in [5.74, 6) is 0.0155. The van der Waals surface area contributed by atoms with Crippen LogP contribution in [0.4, 0.5) is 11.4 Å². The van der Waals surface area contributed by atoms with E-state index in [0.29, 0.717) is 35.8 Å². The summed E-state index contributed by atoms with van der Waals surface area (Å²) < 4.78 is 12.1. The fraction of sp³-hybridized carbons (Fsp3) is 0.400. The van der Waals surface area contributed by atoms with Crippen LogP contribution in [0.15, 0.2) is 82.8 Å². The van der Waals surface area contributed by atoms with Gasteiger partial charge in [-0.05, 0) is 90.1 Å². The number of aryl methyl sites for hydroxylation is 4. The minimum atomic E-state index is -0.503. The zero-order valence-corrected chi connectivity index (χ0v) is 37.0. The maximum Gasteiger partial charge on any atom is 2.00 e. The minimum absolute atomic E-state index is 0. The van der Waals surface area contributed by atoms with Crippen molar-refractivity contribution in [3.8, 4) is 23.0 Å². The predicted octanol–water partition coefficient (Wildman–Crippen LogP) is 12.1. The van der Waals surface area contributed by atoms with Gasteiger partial charge in [-0.15, -0.1) is 11.5 Å². The Balaban J connectivity index is 0.000000252. The van der Waals surface area contributed by atoms with Crippen LogP contribution in [0.1, 0.15) is 126 Å². The molecule has 0 spiro atoms. The number of rotatable bonds is 10. The monoisotopic (exact) mass is 810 g/mol. The molecule has 5 aromatic carbocycles. The predicted molar refractivity (Wildman–Crippen MR) is 232 cm³/mol. The molecule has 0 atom stereocenters. The van der Waals surface area contributed by atoms with Gasteiger partial charge in [-0.3, -0.25) is 0 Å². The molecular formula is C50H60N2NiO4. The number of hydrogen-bond donors (Lipinski definition) is 0. The molecule has 1 aliphatic rings. The molecule has 0 bridgehead atoms. The van der Waals surface area contributed by atoms with E-state index in [1.54, 1.807) is 0 Å². The van der Waals surface area contributed by atoms with E-state index in [-0.39, 0.29) is 16.5 Å². The fourth-order valence-corrected chi connectivity index (χ4v) is 7.34. The molecule has 0 saturated carbocycles. The summed E-state index contributed by atoms with van der Waals surface area (Å²) in [6.45, 7) is 25.3. The average molecular weight is 812 g/mol. The normalized spacial score (nSPS) is 13.8. The summed E-state index contributed by atoms with van der Waals surface area (Å²) in [6, 6.07) is 25.6. The van der Waals surface area contributed by atoms with Crippen LogP contribution in [-0.4, -0.2) is 24.6 Å². The Morgan fingerprint density at radius 1 is 0.526 bits per heavy atom. The van der Waals surface area contributed by atoms with Crippen molar-refractivity contribution in [3.05, 3.63) is 117 Å². The van der Waals surface area contributed by atoms with Gasteiger partial charge in [0.1, 0.15) is 0 Å². The van der Waals surface area contributed by atoms with Gasteiger partial charge in [0.25, 0.3) is 0 Å². The molecule has 0 radical (unpaired) electrons. The van der Waals surface area contributed by atoms with Crippen molar-refractivity contribution >= 4 is 33.6 Å². The Morgan fingerprint density at radius 2 is 0.860 bits per heavy atom. The molecule has 304 valence electrons. The molecule has 0 aliphatic heterocycles. The number of ether oxygens (including phenoxy) is 2. The first-order valence-corrected chi connectivity index (χ1v) is 20.2. The van der Waals surface area contributed by atoms with E-state index < -0.39 is 22.3 Å². The number of benzene rings is 5. The molecule has 57 heavy (non-hydrogen) atoms. The van der Waals surface area contributed by atoms with Crippen LogP contribution in [0.2, 0.25) is 0 Å². The maximum atomic E-state index is 13.0. The number of nitrogens with zero attached hydrogens (tertiary/aromatic N) is 2. The smallest absolute Gasteiger partial charge is 0.873 e.